The second-order valence-electron chi connectivity index (χ2n) is 4.22. The maximum absolute atomic E-state index is 11.8. The summed E-state index contributed by atoms with van der Waals surface area (Å²) in [6.45, 7) is 2.17. The maximum Gasteiger partial charge on any atom is 0.397 e. The highest BCUT2D eigenvalue weighted by Crippen LogP contribution is 2.49. The van der Waals surface area contributed by atoms with E-state index < -0.39 is 18.5 Å². The lowest BCUT2D eigenvalue weighted by atomic mass is 10.1. The highest BCUT2D eigenvalue weighted by Gasteiger charge is 2.36. The van der Waals surface area contributed by atoms with Gasteiger partial charge in [-0.2, -0.15) is 0 Å². The molecule has 1 atom stereocenters. The molecule has 0 spiro atoms. The van der Waals surface area contributed by atoms with Gasteiger partial charge in [0.05, 0.1) is 0 Å². The Balaban J connectivity index is 3.91. The second-order valence-corrected chi connectivity index (χ2v) is 6.92. The topological polar surface area (TPSA) is 52.6 Å². The molecule has 0 aromatic rings. The lowest BCUT2D eigenvalue weighted by molar-refractivity contribution is -0.113. The van der Waals surface area contributed by atoms with Crippen LogP contribution < -0.4 is 0 Å². The van der Waals surface area contributed by atoms with Gasteiger partial charge in [-0.25, -0.2) is 0 Å². The molecule has 0 aliphatic heterocycles. The van der Waals surface area contributed by atoms with Gasteiger partial charge < -0.3 is 9.05 Å². The second kappa shape index (κ2) is 9.96. The summed E-state index contributed by atoms with van der Waals surface area (Å²) in [5.74, 6) is 0. The summed E-state index contributed by atoms with van der Waals surface area (Å²) in [6, 6.07) is 0. The summed E-state index contributed by atoms with van der Waals surface area (Å²) in [4.78, 5) is 11.7. The van der Waals surface area contributed by atoms with Gasteiger partial charge in [-0.15, -0.1) is 11.6 Å². The Labute approximate surface area is 115 Å². The van der Waals surface area contributed by atoms with Gasteiger partial charge in [0.2, 0.25) is 0 Å². The number of carbonyl (C=O) groups is 1. The van der Waals surface area contributed by atoms with Crippen LogP contribution in [-0.2, 0) is 18.4 Å². The highest BCUT2D eigenvalue weighted by atomic mass is 35.5. The van der Waals surface area contributed by atoms with Crippen LogP contribution in [-0.4, -0.2) is 25.1 Å². The molecule has 0 amide bonds. The molecule has 6 heteroatoms. The first kappa shape index (κ1) is 18.1. The zero-order valence-corrected chi connectivity index (χ0v) is 13.1. The highest BCUT2D eigenvalue weighted by molar-refractivity contribution is 7.72. The third-order valence-corrected chi connectivity index (χ3v) is 5.21. The predicted octanol–water partition coefficient (Wildman–Crippen LogP) is 4.36. The molecule has 108 valence electrons. The summed E-state index contributed by atoms with van der Waals surface area (Å²) in [5, 5.41) is -0.790. The number of unbranched alkanes of at least 4 members (excludes halogenated alkanes) is 5. The quantitative estimate of drug-likeness (QED) is 0.323. The van der Waals surface area contributed by atoms with Crippen molar-refractivity contribution in [3.63, 3.8) is 0 Å². The summed E-state index contributed by atoms with van der Waals surface area (Å²) in [5.41, 5.74) is -0.636. The predicted molar refractivity (Wildman–Crippen MR) is 74.3 cm³/mol. The summed E-state index contributed by atoms with van der Waals surface area (Å²) >= 11 is 5.93. The number of halogens is 1. The van der Waals surface area contributed by atoms with Crippen molar-refractivity contribution in [2.24, 2.45) is 0 Å². The van der Waals surface area contributed by atoms with Crippen LogP contribution >= 0.6 is 19.2 Å². The van der Waals surface area contributed by atoms with E-state index in [9.17, 15) is 9.36 Å². The van der Waals surface area contributed by atoms with Crippen LogP contribution in [0, 0.1) is 0 Å². The van der Waals surface area contributed by atoms with Crippen LogP contribution in [0.1, 0.15) is 51.9 Å². The monoisotopic (exact) mass is 298 g/mol. The molecule has 0 aromatic carbocycles. The van der Waals surface area contributed by atoms with Crippen molar-refractivity contribution in [1.29, 1.82) is 0 Å². The molecule has 0 fully saturated rings. The summed E-state index contributed by atoms with van der Waals surface area (Å²) in [7, 11) is -1.28. The number of carbonyl (C=O) groups excluding carboxylic acids is 1. The number of rotatable bonds is 11. The van der Waals surface area contributed by atoms with Crippen LogP contribution in [0.25, 0.3) is 0 Å². The molecule has 0 bridgehead atoms. The normalized spacial score (nSPS) is 13.6. The molecule has 1 unspecified atom stereocenters. The van der Waals surface area contributed by atoms with Crippen molar-refractivity contribution in [2.75, 3.05) is 14.2 Å². The van der Waals surface area contributed by atoms with E-state index >= 15 is 0 Å². The zero-order chi connectivity index (χ0) is 14.0. The molecular weight excluding hydrogens is 275 g/mol. The zero-order valence-electron chi connectivity index (χ0n) is 11.5. The van der Waals surface area contributed by atoms with Crippen LogP contribution in [0.3, 0.4) is 0 Å². The fourth-order valence-electron chi connectivity index (χ4n) is 1.65. The lowest BCUT2D eigenvalue weighted by Crippen LogP contribution is -2.16. The molecular formula is C12H24ClO4P. The minimum Gasteiger partial charge on any atom is -0.307 e. The van der Waals surface area contributed by atoms with Crippen molar-refractivity contribution < 1.29 is 18.4 Å². The largest absolute Gasteiger partial charge is 0.397 e. The molecule has 0 aliphatic rings. The third-order valence-electron chi connectivity index (χ3n) is 2.83. The lowest BCUT2D eigenvalue weighted by Gasteiger charge is -2.15. The Morgan fingerprint density at radius 2 is 1.61 bits per heavy atom. The Morgan fingerprint density at radius 3 is 2.11 bits per heavy atom. The van der Waals surface area contributed by atoms with E-state index in [1.807, 2.05) is 0 Å². The first-order valence-corrected chi connectivity index (χ1v) is 8.39. The SMILES string of the molecule is CCCCCCCCC(Cl)C(=O)P(=O)(OC)OC. The van der Waals surface area contributed by atoms with Crippen LogP contribution in [0.15, 0.2) is 0 Å². The smallest absolute Gasteiger partial charge is 0.307 e. The number of hydrogen-bond acceptors (Lipinski definition) is 4. The maximum atomic E-state index is 11.8. The van der Waals surface area contributed by atoms with Crippen molar-refractivity contribution in [3.8, 4) is 0 Å². The average Bonchev–Trinajstić information content (AvgIpc) is 2.40. The van der Waals surface area contributed by atoms with Crippen LogP contribution in [0.5, 0.6) is 0 Å². The van der Waals surface area contributed by atoms with E-state index in [0.717, 1.165) is 19.3 Å². The van der Waals surface area contributed by atoms with Gasteiger partial charge in [-0.3, -0.25) is 9.36 Å². The standard InChI is InChI=1S/C12H24ClO4P/c1-4-5-6-7-8-9-10-11(13)12(14)18(15,16-2)17-3/h11H,4-10H2,1-3H3. The summed E-state index contributed by atoms with van der Waals surface area (Å²) in [6.07, 6.45) is 7.23. The van der Waals surface area contributed by atoms with E-state index in [-0.39, 0.29) is 0 Å². The van der Waals surface area contributed by atoms with Crippen LogP contribution in [0.4, 0.5) is 0 Å². The van der Waals surface area contributed by atoms with Crippen molar-refractivity contribution >= 4 is 24.7 Å². The van der Waals surface area contributed by atoms with Crippen molar-refractivity contribution in [1.82, 2.24) is 0 Å². The first-order valence-electron chi connectivity index (χ1n) is 6.41. The minimum absolute atomic E-state index is 0.517. The molecule has 0 aromatic heterocycles. The Bertz CT molecular complexity index is 275. The number of alkyl halides is 1. The van der Waals surface area contributed by atoms with E-state index in [4.69, 9.17) is 11.6 Å². The Morgan fingerprint density at radius 1 is 1.11 bits per heavy atom. The Kier molecular flexibility index (Phi) is 10.0. The van der Waals surface area contributed by atoms with Gasteiger partial charge in [0, 0.05) is 14.2 Å². The molecule has 0 rings (SSSR count). The van der Waals surface area contributed by atoms with E-state index in [1.54, 1.807) is 0 Å². The van der Waals surface area contributed by atoms with Gasteiger partial charge in [0.25, 0.3) is 5.52 Å². The minimum atomic E-state index is -3.67. The molecule has 4 nitrogen and oxygen atoms in total. The van der Waals surface area contributed by atoms with Crippen molar-refractivity contribution in [3.05, 3.63) is 0 Å². The van der Waals surface area contributed by atoms with Crippen LogP contribution in [0.2, 0.25) is 0 Å². The molecule has 0 saturated carbocycles. The fourth-order valence-corrected chi connectivity index (χ4v) is 3.15. The molecule has 0 N–H and O–H groups in total. The molecule has 0 saturated heterocycles. The summed E-state index contributed by atoms with van der Waals surface area (Å²) < 4.78 is 21.0. The Hall–Kier alpha value is 0.110. The van der Waals surface area contributed by atoms with E-state index in [0.29, 0.717) is 6.42 Å². The van der Waals surface area contributed by atoms with Gasteiger partial charge >= 0.3 is 7.60 Å². The first-order chi connectivity index (χ1) is 8.51. The van der Waals surface area contributed by atoms with Gasteiger partial charge in [0.1, 0.15) is 5.38 Å². The molecule has 0 heterocycles. The molecule has 0 aliphatic carbocycles. The molecule has 18 heavy (non-hydrogen) atoms. The van der Waals surface area contributed by atoms with E-state index in [2.05, 4.69) is 16.0 Å². The average molecular weight is 299 g/mol. The third kappa shape index (κ3) is 6.33. The van der Waals surface area contributed by atoms with E-state index in [1.165, 1.54) is 33.5 Å². The van der Waals surface area contributed by atoms with Gasteiger partial charge in [-0.05, 0) is 6.42 Å². The van der Waals surface area contributed by atoms with Gasteiger partial charge in [-0.1, -0.05) is 45.4 Å². The van der Waals surface area contributed by atoms with Crippen molar-refractivity contribution in [2.45, 2.75) is 57.2 Å². The van der Waals surface area contributed by atoms with Gasteiger partial charge in [0.15, 0.2) is 0 Å². The number of hydrogen-bond donors (Lipinski definition) is 0. The fraction of sp³-hybridized carbons (Fsp3) is 0.917. The molecule has 0 radical (unpaired) electrons.